The lowest BCUT2D eigenvalue weighted by Gasteiger charge is -2.06. The Labute approximate surface area is 188 Å². The standard InChI is InChI=1S/C24H21N3O4S/c1-16-8-10-18(11-9-16)27-23(30)20(14-21(28)31-2)32-24(27)19(15-25)22(29)26-13-12-17-6-4-3-5-7-17/h3-11,14H,12-13H2,1-2H3,(H,26,29)/b20-14+,24-19-. The average Bonchev–Trinajstić information content (AvgIpc) is 3.11. The highest BCUT2D eigenvalue weighted by Gasteiger charge is 2.17. The second-order valence-corrected chi connectivity index (χ2v) is 7.92. The lowest BCUT2D eigenvalue weighted by atomic mass is 10.1. The van der Waals surface area contributed by atoms with Gasteiger partial charge >= 0.3 is 5.97 Å². The van der Waals surface area contributed by atoms with Crippen LogP contribution < -0.4 is 20.1 Å². The van der Waals surface area contributed by atoms with Crippen molar-refractivity contribution in [2.24, 2.45) is 0 Å². The molecule has 3 rings (SSSR count). The van der Waals surface area contributed by atoms with Gasteiger partial charge in [0.2, 0.25) is 0 Å². The minimum absolute atomic E-state index is 0.0669. The number of nitrogens with one attached hydrogen (secondary N) is 1. The number of carbonyl (C=O) groups excluding carboxylic acids is 2. The van der Waals surface area contributed by atoms with Crippen molar-refractivity contribution < 1.29 is 14.3 Å². The molecule has 3 aromatic rings. The fourth-order valence-corrected chi connectivity index (χ4v) is 4.06. The first-order valence-electron chi connectivity index (χ1n) is 9.79. The van der Waals surface area contributed by atoms with Crippen molar-refractivity contribution in [2.75, 3.05) is 13.7 Å². The van der Waals surface area contributed by atoms with Gasteiger partial charge < -0.3 is 10.1 Å². The van der Waals surface area contributed by atoms with Crippen LogP contribution in [0.2, 0.25) is 0 Å². The molecule has 0 aliphatic rings. The van der Waals surface area contributed by atoms with Crippen molar-refractivity contribution in [1.29, 1.82) is 5.26 Å². The molecule has 8 heteroatoms. The summed E-state index contributed by atoms with van der Waals surface area (Å²) in [5.41, 5.74) is 1.81. The van der Waals surface area contributed by atoms with Gasteiger partial charge in [0.15, 0.2) is 5.57 Å². The Balaban J connectivity index is 2.08. The number of aromatic nitrogens is 1. The summed E-state index contributed by atoms with van der Waals surface area (Å²) in [6.45, 7) is 2.24. The Hall–Kier alpha value is -3.96. The topological polar surface area (TPSA) is 101 Å². The number of nitriles is 1. The summed E-state index contributed by atoms with van der Waals surface area (Å²) in [6.07, 6.45) is 1.66. The number of thiazole rings is 1. The van der Waals surface area contributed by atoms with Gasteiger partial charge in [0.25, 0.3) is 11.5 Å². The van der Waals surface area contributed by atoms with E-state index in [0.717, 1.165) is 28.5 Å². The summed E-state index contributed by atoms with van der Waals surface area (Å²) in [4.78, 5) is 37.6. The zero-order valence-electron chi connectivity index (χ0n) is 17.6. The minimum Gasteiger partial charge on any atom is -0.466 e. The molecule has 1 heterocycles. The molecule has 32 heavy (non-hydrogen) atoms. The predicted octanol–water partition coefficient (Wildman–Crippen LogP) is 1.19. The molecule has 1 aromatic heterocycles. The molecular weight excluding hydrogens is 426 g/mol. The van der Waals surface area contributed by atoms with Crippen LogP contribution in [0.5, 0.6) is 0 Å². The quantitative estimate of drug-likeness (QED) is 0.572. The molecule has 0 saturated heterocycles. The molecular formula is C24H21N3O4S. The fraction of sp³-hybridized carbons (Fsp3) is 0.167. The van der Waals surface area contributed by atoms with Crippen LogP contribution >= 0.6 is 11.3 Å². The molecule has 0 radical (unpaired) electrons. The number of methoxy groups -OCH3 is 1. The Bertz CT molecular complexity index is 1350. The third-order valence-corrected chi connectivity index (χ3v) is 5.75. The van der Waals surface area contributed by atoms with Crippen molar-refractivity contribution in [1.82, 2.24) is 9.88 Å². The largest absolute Gasteiger partial charge is 0.466 e. The number of amides is 1. The monoisotopic (exact) mass is 447 g/mol. The number of ether oxygens (including phenoxy) is 1. The molecule has 1 amide bonds. The molecule has 162 valence electrons. The van der Waals surface area contributed by atoms with Crippen molar-refractivity contribution in [3.05, 3.63) is 85.3 Å². The lowest BCUT2D eigenvalue weighted by Crippen LogP contribution is -2.34. The van der Waals surface area contributed by atoms with Gasteiger partial charge in [0.05, 0.1) is 12.8 Å². The van der Waals surface area contributed by atoms with Gasteiger partial charge in [0, 0.05) is 12.6 Å². The van der Waals surface area contributed by atoms with Crippen LogP contribution in [0.15, 0.2) is 59.4 Å². The van der Waals surface area contributed by atoms with Crippen LogP contribution in [0.25, 0.3) is 17.3 Å². The van der Waals surface area contributed by atoms with Crippen LogP contribution in [-0.4, -0.2) is 30.1 Å². The van der Waals surface area contributed by atoms with E-state index in [9.17, 15) is 19.6 Å². The molecule has 0 saturated carbocycles. The van der Waals surface area contributed by atoms with E-state index in [0.29, 0.717) is 18.7 Å². The number of benzene rings is 2. The van der Waals surface area contributed by atoms with Crippen LogP contribution in [-0.2, 0) is 20.7 Å². The van der Waals surface area contributed by atoms with Gasteiger partial charge in [-0.2, -0.15) is 5.26 Å². The van der Waals surface area contributed by atoms with Gasteiger partial charge in [-0.15, -0.1) is 11.3 Å². The molecule has 0 aliphatic heterocycles. The molecule has 2 aromatic carbocycles. The summed E-state index contributed by atoms with van der Waals surface area (Å²) in [5, 5.41) is 12.5. The van der Waals surface area contributed by atoms with Crippen molar-refractivity contribution in [3.63, 3.8) is 0 Å². The van der Waals surface area contributed by atoms with Crippen molar-refractivity contribution >= 4 is 34.9 Å². The normalized spacial score (nSPS) is 12.1. The highest BCUT2D eigenvalue weighted by Crippen LogP contribution is 2.06. The van der Waals surface area contributed by atoms with E-state index in [1.54, 1.807) is 12.1 Å². The zero-order chi connectivity index (χ0) is 23.1. The number of nitrogens with zero attached hydrogens (tertiary/aromatic N) is 2. The maximum atomic E-state index is 13.0. The van der Waals surface area contributed by atoms with Gasteiger partial charge in [0.1, 0.15) is 15.3 Å². The number of rotatable bonds is 6. The molecule has 0 unspecified atom stereocenters. The zero-order valence-corrected chi connectivity index (χ0v) is 18.4. The van der Waals surface area contributed by atoms with Gasteiger partial charge in [-0.25, -0.2) is 4.79 Å². The summed E-state index contributed by atoms with van der Waals surface area (Å²) >= 11 is 0.893. The molecule has 0 spiro atoms. The van der Waals surface area contributed by atoms with Crippen LogP contribution in [0.3, 0.4) is 0 Å². The van der Waals surface area contributed by atoms with E-state index >= 15 is 0 Å². The lowest BCUT2D eigenvalue weighted by molar-refractivity contribution is -0.133. The SMILES string of the molecule is COC(=O)/C=c1/s/c(=C(/C#N)C(=O)NCCc2ccccc2)n(-c2ccc(C)cc2)c1=O. The van der Waals surface area contributed by atoms with E-state index in [2.05, 4.69) is 10.1 Å². The van der Waals surface area contributed by atoms with Gasteiger partial charge in [-0.05, 0) is 31.0 Å². The fourth-order valence-electron chi connectivity index (χ4n) is 2.99. The Morgan fingerprint density at radius 3 is 2.47 bits per heavy atom. The highest BCUT2D eigenvalue weighted by atomic mass is 32.1. The second kappa shape index (κ2) is 10.4. The first-order valence-corrected chi connectivity index (χ1v) is 10.6. The summed E-state index contributed by atoms with van der Waals surface area (Å²) in [5.74, 6) is -1.29. The third kappa shape index (κ3) is 5.20. The summed E-state index contributed by atoms with van der Waals surface area (Å²) < 4.78 is 6.11. The first-order chi connectivity index (χ1) is 15.4. The number of esters is 1. The van der Waals surface area contributed by atoms with Crippen LogP contribution in [0, 0.1) is 18.3 Å². The highest BCUT2D eigenvalue weighted by molar-refractivity contribution is 7.07. The first kappa shape index (κ1) is 22.7. The smallest absolute Gasteiger partial charge is 0.332 e. The minimum atomic E-state index is -0.697. The molecule has 0 atom stereocenters. The molecule has 7 nitrogen and oxygen atoms in total. The van der Waals surface area contributed by atoms with Crippen LogP contribution in [0.1, 0.15) is 11.1 Å². The number of carbonyl (C=O) groups is 2. The van der Waals surface area contributed by atoms with Crippen molar-refractivity contribution in [3.8, 4) is 11.8 Å². The van der Waals surface area contributed by atoms with Gasteiger partial charge in [-0.3, -0.25) is 14.2 Å². The van der Waals surface area contributed by atoms with E-state index in [1.165, 1.54) is 11.7 Å². The van der Waals surface area contributed by atoms with E-state index in [-0.39, 0.29) is 14.8 Å². The third-order valence-electron chi connectivity index (χ3n) is 4.66. The molecule has 1 N–H and O–H groups in total. The maximum absolute atomic E-state index is 13.0. The molecule has 0 bridgehead atoms. The average molecular weight is 448 g/mol. The number of hydrogen-bond donors (Lipinski definition) is 1. The maximum Gasteiger partial charge on any atom is 0.332 e. The van der Waals surface area contributed by atoms with E-state index < -0.39 is 17.4 Å². The second-order valence-electron chi connectivity index (χ2n) is 6.89. The van der Waals surface area contributed by atoms with Gasteiger partial charge in [-0.1, -0.05) is 48.0 Å². The number of hydrogen-bond acceptors (Lipinski definition) is 6. The Morgan fingerprint density at radius 2 is 1.84 bits per heavy atom. The molecule has 0 fully saturated rings. The molecule has 0 aliphatic carbocycles. The predicted molar refractivity (Wildman–Crippen MR) is 123 cm³/mol. The van der Waals surface area contributed by atoms with E-state index in [4.69, 9.17) is 0 Å². The number of aryl methyl sites for hydroxylation is 1. The Morgan fingerprint density at radius 1 is 1.16 bits per heavy atom. The summed E-state index contributed by atoms with van der Waals surface area (Å²) in [7, 11) is 1.21. The summed E-state index contributed by atoms with van der Waals surface area (Å²) in [6, 6.07) is 18.6. The van der Waals surface area contributed by atoms with Crippen LogP contribution in [0.4, 0.5) is 0 Å². The Kier molecular flexibility index (Phi) is 7.37. The van der Waals surface area contributed by atoms with E-state index in [1.807, 2.05) is 55.5 Å². The van der Waals surface area contributed by atoms with Crippen molar-refractivity contribution in [2.45, 2.75) is 13.3 Å².